The largest absolute Gasteiger partial charge is 0.393 e. The van der Waals surface area contributed by atoms with E-state index in [0.29, 0.717) is 23.7 Å². The van der Waals surface area contributed by atoms with Crippen LogP contribution in [0.2, 0.25) is 0 Å². The second kappa shape index (κ2) is 5.41. The van der Waals surface area contributed by atoms with Crippen molar-refractivity contribution in [3.63, 3.8) is 0 Å². The average molecular weight is 332 g/mol. The van der Waals surface area contributed by atoms with E-state index in [1.807, 2.05) is 0 Å². The highest BCUT2D eigenvalue weighted by Crippen LogP contribution is 2.66. The summed E-state index contributed by atoms with van der Waals surface area (Å²) >= 11 is 0. The van der Waals surface area contributed by atoms with E-state index < -0.39 is 6.10 Å². The number of carbonyl (C=O) groups is 1. The van der Waals surface area contributed by atoms with Crippen LogP contribution < -0.4 is 0 Å². The highest BCUT2D eigenvalue weighted by molar-refractivity contribution is 5.95. The molecule has 2 N–H and O–H groups in total. The Labute approximate surface area is 145 Å². The molecular weight excluding hydrogens is 300 g/mol. The quantitative estimate of drug-likeness (QED) is 0.773. The van der Waals surface area contributed by atoms with Gasteiger partial charge in [0.2, 0.25) is 0 Å². The van der Waals surface area contributed by atoms with E-state index in [4.69, 9.17) is 0 Å². The van der Waals surface area contributed by atoms with Gasteiger partial charge in [-0.25, -0.2) is 0 Å². The van der Waals surface area contributed by atoms with Crippen LogP contribution in [0.4, 0.5) is 0 Å². The fourth-order valence-corrected chi connectivity index (χ4v) is 7.31. The SMILES string of the molecule is CC(=O)C1=CC[C@H]2[C@@H]3CC[C@H]4C[C@@H](O)CC[C@]4(C)[C@H]3C[C@H](O)[C@]12C. The zero-order chi connectivity index (χ0) is 17.3. The lowest BCUT2D eigenvalue weighted by atomic mass is 9.44. The predicted octanol–water partition coefficient (Wildman–Crippen LogP) is 3.49. The Balaban J connectivity index is 1.67. The number of hydrogen-bond acceptors (Lipinski definition) is 3. The molecule has 4 aliphatic carbocycles. The number of ketones is 1. The normalized spacial score (nSPS) is 53.6. The zero-order valence-electron chi connectivity index (χ0n) is 15.3. The summed E-state index contributed by atoms with van der Waals surface area (Å²) < 4.78 is 0. The highest BCUT2D eigenvalue weighted by Gasteiger charge is 2.62. The monoisotopic (exact) mass is 332 g/mol. The van der Waals surface area contributed by atoms with Crippen LogP contribution in [-0.4, -0.2) is 28.2 Å². The Morgan fingerprint density at radius 2 is 1.88 bits per heavy atom. The van der Waals surface area contributed by atoms with Gasteiger partial charge in [0.15, 0.2) is 5.78 Å². The van der Waals surface area contributed by atoms with E-state index in [2.05, 4.69) is 19.9 Å². The van der Waals surface area contributed by atoms with Crippen molar-refractivity contribution >= 4 is 5.78 Å². The minimum atomic E-state index is -0.413. The van der Waals surface area contributed by atoms with Crippen molar-refractivity contribution in [2.45, 2.75) is 77.9 Å². The minimum absolute atomic E-state index is 0.129. The standard InChI is InChI=1S/C21H32O3/c1-12(22)16-6-7-17-15-5-4-13-10-14(23)8-9-20(13,2)18(15)11-19(24)21(16,17)3/h6,13-15,17-19,23-24H,4-5,7-11H2,1-3H3/t13-,14-,15-,17-,18-,19-,20-,21+/m0/s1. The lowest BCUT2D eigenvalue weighted by Crippen LogP contribution is -2.58. The van der Waals surface area contributed by atoms with Gasteiger partial charge in [-0.05, 0) is 86.5 Å². The fourth-order valence-electron chi connectivity index (χ4n) is 7.31. The van der Waals surface area contributed by atoms with Crippen LogP contribution in [0.25, 0.3) is 0 Å². The molecule has 0 amide bonds. The summed E-state index contributed by atoms with van der Waals surface area (Å²) in [4.78, 5) is 12.1. The molecule has 0 aliphatic heterocycles. The van der Waals surface area contributed by atoms with Gasteiger partial charge in [-0.15, -0.1) is 0 Å². The highest BCUT2D eigenvalue weighted by atomic mass is 16.3. The molecule has 0 aromatic rings. The molecule has 0 bridgehead atoms. The zero-order valence-corrected chi connectivity index (χ0v) is 15.3. The Hall–Kier alpha value is -0.670. The molecule has 0 radical (unpaired) electrons. The second-order valence-electron chi connectivity index (χ2n) is 9.53. The van der Waals surface area contributed by atoms with Crippen LogP contribution in [0.5, 0.6) is 0 Å². The molecule has 3 fully saturated rings. The summed E-state index contributed by atoms with van der Waals surface area (Å²) in [7, 11) is 0. The minimum Gasteiger partial charge on any atom is -0.393 e. The van der Waals surface area contributed by atoms with Gasteiger partial charge in [0, 0.05) is 5.41 Å². The summed E-state index contributed by atoms with van der Waals surface area (Å²) in [6.07, 6.45) is 8.69. The lowest BCUT2D eigenvalue weighted by molar-refractivity contribution is -0.157. The number of aliphatic hydroxyl groups is 2. The van der Waals surface area contributed by atoms with E-state index in [0.717, 1.165) is 37.7 Å². The van der Waals surface area contributed by atoms with Crippen molar-refractivity contribution < 1.29 is 15.0 Å². The van der Waals surface area contributed by atoms with Gasteiger partial charge < -0.3 is 10.2 Å². The van der Waals surface area contributed by atoms with Crippen LogP contribution in [0.3, 0.4) is 0 Å². The molecule has 3 nitrogen and oxygen atoms in total. The van der Waals surface area contributed by atoms with Crippen molar-refractivity contribution in [2.75, 3.05) is 0 Å². The van der Waals surface area contributed by atoms with Gasteiger partial charge in [0.05, 0.1) is 12.2 Å². The maximum absolute atomic E-state index is 12.1. The van der Waals surface area contributed by atoms with Crippen LogP contribution in [0.15, 0.2) is 11.6 Å². The number of rotatable bonds is 1. The van der Waals surface area contributed by atoms with Gasteiger partial charge in [0.1, 0.15) is 0 Å². The van der Waals surface area contributed by atoms with Gasteiger partial charge in [-0.1, -0.05) is 19.9 Å². The molecular formula is C21H32O3. The Bertz CT molecular complexity index is 582. The molecule has 0 aromatic carbocycles. The third kappa shape index (κ3) is 2.07. The molecule has 134 valence electrons. The first-order chi connectivity index (χ1) is 11.3. The summed E-state index contributed by atoms with van der Waals surface area (Å²) in [6, 6.07) is 0. The maximum atomic E-state index is 12.1. The van der Waals surface area contributed by atoms with Gasteiger partial charge in [-0.3, -0.25) is 4.79 Å². The molecule has 0 heterocycles. The van der Waals surface area contributed by atoms with Crippen LogP contribution in [0.1, 0.15) is 65.7 Å². The molecule has 0 saturated heterocycles. The van der Waals surface area contributed by atoms with Crippen molar-refractivity contribution in [3.8, 4) is 0 Å². The van der Waals surface area contributed by atoms with Crippen molar-refractivity contribution in [1.29, 1.82) is 0 Å². The third-order valence-electron chi connectivity index (χ3n) is 8.71. The number of fused-ring (bicyclic) bond motifs is 5. The first-order valence-electron chi connectivity index (χ1n) is 9.86. The molecule has 0 aromatic heterocycles. The molecule has 0 spiro atoms. The Morgan fingerprint density at radius 1 is 1.12 bits per heavy atom. The maximum Gasteiger partial charge on any atom is 0.156 e. The van der Waals surface area contributed by atoms with Crippen molar-refractivity contribution in [1.82, 2.24) is 0 Å². The van der Waals surface area contributed by atoms with E-state index in [-0.39, 0.29) is 22.7 Å². The number of allylic oxidation sites excluding steroid dienone is 1. The predicted molar refractivity (Wildman–Crippen MR) is 93.3 cm³/mol. The van der Waals surface area contributed by atoms with Crippen LogP contribution in [0, 0.1) is 34.5 Å². The Kier molecular flexibility index (Phi) is 3.78. The average Bonchev–Trinajstić information content (AvgIpc) is 2.88. The number of carbonyl (C=O) groups excluding carboxylic acids is 1. The molecule has 3 saturated carbocycles. The van der Waals surface area contributed by atoms with Gasteiger partial charge in [-0.2, -0.15) is 0 Å². The van der Waals surface area contributed by atoms with E-state index >= 15 is 0 Å². The summed E-state index contributed by atoms with van der Waals surface area (Å²) in [5, 5.41) is 21.2. The summed E-state index contributed by atoms with van der Waals surface area (Å²) in [5.74, 6) is 2.30. The second-order valence-corrected chi connectivity index (χ2v) is 9.53. The molecule has 0 unspecified atom stereocenters. The Morgan fingerprint density at radius 3 is 2.58 bits per heavy atom. The number of Topliss-reactive ketones (excluding diaryl/α,β-unsaturated/α-hetero) is 1. The van der Waals surface area contributed by atoms with Crippen molar-refractivity contribution in [3.05, 3.63) is 11.6 Å². The molecule has 4 aliphatic rings. The first kappa shape index (κ1) is 16.8. The summed E-state index contributed by atoms with van der Waals surface area (Å²) in [5.41, 5.74) is 0.790. The third-order valence-corrected chi connectivity index (χ3v) is 8.71. The van der Waals surface area contributed by atoms with Gasteiger partial charge in [0.25, 0.3) is 0 Å². The fraction of sp³-hybridized carbons (Fsp3) is 0.857. The molecule has 4 rings (SSSR count). The van der Waals surface area contributed by atoms with E-state index in [1.54, 1.807) is 6.92 Å². The summed E-state index contributed by atoms with van der Waals surface area (Å²) in [6.45, 7) is 6.21. The lowest BCUT2D eigenvalue weighted by Gasteiger charge is -2.61. The number of aliphatic hydroxyl groups excluding tert-OH is 2. The molecule has 3 heteroatoms. The van der Waals surface area contributed by atoms with Gasteiger partial charge >= 0.3 is 0 Å². The van der Waals surface area contributed by atoms with Crippen LogP contribution >= 0.6 is 0 Å². The molecule has 8 atom stereocenters. The van der Waals surface area contributed by atoms with E-state index in [9.17, 15) is 15.0 Å². The van der Waals surface area contributed by atoms with E-state index in [1.165, 1.54) is 12.8 Å². The van der Waals surface area contributed by atoms with Crippen molar-refractivity contribution in [2.24, 2.45) is 34.5 Å². The molecule has 24 heavy (non-hydrogen) atoms. The topological polar surface area (TPSA) is 57.5 Å². The number of hydrogen-bond donors (Lipinski definition) is 2. The smallest absolute Gasteiger partial charge is 0.156 e. The van der Waals surface area contributed by atoms with Crippen LogP contribution in [-0.2, 0) is 4.79 Å². The first-order valence-corrected chi connectivity index (χ1v) is 9.86.